The van der Waals surface area contributed by atoms with E-state index < -0.39 is 74.7 Å². The van der Waals surface area contributed by atoms with Gasteiger partial charge in [-0.1, -0.05) is 44.2 Å². The Kier molecular flexibility index (Phi) is 9.83. The van der Waals surface area contributed by atoms with Crippen molar-refractivity contribution in [2.45, 2.75) is 101 Å². The number of amides is 4. The highest BCUT2D eigenvalue weighted by molar-refractivity contribution is 7.91. The molecule has 15 heteroatoms. The number of aromatic nitrogens is 1. The van der Waals surface area contributed by atoms with Gasteiger partial charge in [0.1, 0.15) is 29.5 Å². The molecule has 5 aliphatic rings. The molecule has 2 aliphatic heterocycles. The van der Waals surface area contributed by atoms with Crippen molar-refractivity contribution in [1.29, 1.82) is 0 Å². The van der Waals surface area contributed by atoms with Crippen LogP contribution < -0.4 is 24.8 Å². The number of benzene rings is 1. The molecule has 7 atom stereocenters. The summed E-state index contributed by atoms with van der Waals surface area (Å²) in [5.41, 5.74) is -1.52. The highest BCUT2D eigenvalue weighted by atomic mass is 32.2. The smallest absolute Gasteiger partial charge is 0.405 e. The van der Waals surface area contributed by atoms with Crippen LogP contribution in [0.5, 0.6) is 11.6 Å². The van der Waals surface area contributed by atoms with Crippen LogP contribution in [0.1, 0.15) is 71.6 Å². The average Bonchev–Trinajstić information content (AvgIpc) is 4.00. The summed E-state index contributed by atoms with van der Waals surface area (Å²) in [6.45, 7) is 4.41. The lowest BCUT2D eigenvalue weighted by Crippen LogP contribution is -2.59. The van der Waals surface area contributed by atoms with E-state index in [-0.39, 0.29) is 25.3 Å². The number of sulfonamides is 1. The molecule has 0 unspecified atom stereocenters. The third-order valence-electron chi connectivity index (χ3n) is 11.1. The van der Waals surface area contributed by atoms with Crippen molar-refractivity contribution >= 4 is 44.6 Å². The van der Waals surface area contributed by atoms with Crippen LogP contribution in [0.2, 0.25) is 0 Å². The zero-order valence-electron chi connectivity index (χ0n) is 29.5. The molecule has 1 aromatic heterocycles. The summed E-state index contributed by atoms with van der Waals surface area (Å²) in [4.78, 5) is 60.3. The van der Waals surface area contributed by atoms with E-state index in [9.17, 15) is 32.7 Å². The molecule has 14 nitrogen and oxygen atoms in total. The summed E-state index contributed by atoms with van der Waals surface area (Å²) < 4.78 is 40.3. The lowest BCUT2D eigenvalue weighted by Gasteiger charge is -2.32. The van der Waals surface area contributed by atoms with Crippen LogP contribution in [-0.4, -0.2) is 89.4 Å². The first kappa shape index (κ1) is 36.0. The van der Waals surface area contributed by atoms with Gasteiger partial charge in [0.2, 0.25) is 27.7 Å². The van der Waals surface area contributed by atoms with Gasteiger partial charge in [0.15, 0.2) is 0 Å². The maximum Gasteiger partial charge on any atom is 0.405 e. The average molecular weight is 738 g/mol. The molecule has 0 bridgehead atoms. The molecule has 3 heterocycles. The Morgan fingerprint density at radius 2 is 1.83 bits per heavy atom. The van der Waals surface area contributed by atoms with E-state index in [0.29, 0.717) is 55.2 Å². The minimum absolute atomic E-state index is 0.0245. The number of pyridine rings is 1. The maximum absolute atomic E-state index is 14.4. The Hall–Kier alpha value is -4.40. The minimum atomic E-state index is -3.90. The Morgan fingerprint density at radius 1 is 1.08 bits per heavy atom. The normalized spacial score (nSPS) is 31.6. The van der Waals surface area contributed by atoms with Crippen molar-refractivity contribution in [2.75, 3.05) is 13.2 Å². The molecule has 0 spiro atoms. The standard InChI is InChI=1S/C37H47N5O9S/c1-21-7-3-4-8-24-17-37(24,35(45)41-52(48,49)26-13-14-26)40-32(43)29-16-25(19-42(29)34(44)31(22(2)15-21)39-36(46)47)51-33-28-10-6-5-9-27(28)30(18-38-33)50-20-23-11-12-23/h4-6,8-10,18,21-26,29,31,39H,3,7,11-17,19-20H2,1-2H3,(H,40,43)(H,41,45)(H,46,47)/b8-4-/t21-,22-,24-,25-,29+,31+,37-/m1/s1. The van der Waals surface area contributed by atoms with Crippen LogP contribution >= 0.6 is 0 Å². The van der Waals surface area contributed by atoms with Crippen LogP contribution in [0.25, 0.3) is 10.8 Å². The number of allylic oxidation sites excluding steroid dienone is 1. The third kappa shape index (κ3) is 7.69. The zero-order valence-corrected chi connectivity index (χ0v) is 30.3. The largest absolute Gasteiger partial charge is 0.491 e. The second-order valence-electron chi connectivity index (χ2n) is 15.4. The number of ether oxygens (including phenoxy) is 2. The molecular formula is C37H47N5O9S. The Labute approximate surface area is 303 Å². The van der Waals surface area contributed by atoms with Crippen molar-refractivity contribution in [2.24, 2.45) is 23.7 Å². The quantitative estimate of drug-likeness (QED) is 0.277. The van der Waals surface area contributed by atoms with Crippen molar-refractivity contribution in [3.63, 3.8) is 0 Å². The lowest BCUT2D eigenvalue weighted by molar-refractivity contribution is -0.142. The Balaban J connectivity index is 1.19. The number of carbonyl (C=O) groups is 4. The summed E-state index contributed by atoms with van der Waals surface area (Å²) in [6.07, 6.45) is 8.71. The highest BCUT2D eigenvalue weighted by Crippen LogP contribution is 2.46. The van der Waals surface area contributed by atoms with Gasteiger partial charge >= 0.3 is 6.09 Å². The van der Waals surface area contributed by atoms with E-state index in [1.165, 1.54) is 4.90 Å². The molecule has 4 amide bonds. The monoisotopic (exact) mass is 737 g/mol. The van der Waals surface area contributed by atoms with Gasteiger partial charge in [-0.25, -0.2) is 18.2 Å². The van der Waals surface area contributed by atoms with Crippen LogP contribution in [-0.2, 0) is 24.4 Å². The summed E-state index contributed by atoms with van der Waals surface area (Å²) in [7, 11) is -3.90. The zero-order chi connectivity index (χ0) is 36.8. The van der Waals surface area contributed by atoms with Gasteiger partial charge in [-0.15, -0.1) is 0 Å². The fourth-order valence-corrected chi connectivity index (χ4v) is 8.99. The van der Waals surface area contributed by atoms with E-state index in [2.05, 4.69) is 20.3 Å². The summed E-state index contributed by atoms with van der Waals surface area (Å²) in [5, 5.41) is 15.9. The SMILES string of the molecule is C[C@@H]1CC/C=C\[C@@H]2C[C@@]2(C(=O)NS(=O)(=O)C2CC2)NC(=O)[C@@H]2C[C@@H](Oc3ncc(OCC4CC4)c4ccccc34)CN2C(=O)[C@@H](NC(=O)O)[C@H](C)C1. The van der Waals surface area contributed by atoms with Gasteiger partial charge in [-0.2, -0.15) is 0 Å². The molecule has 1 aromatic carbocycles. The molecule has 3 aliphatic carbocycles. The van der Waals surface area contributed by atoms with E-state index in [1.807, 2.05) is 50.3 Å². The predicted molar refractivity (Wildman–Crippen MR) is 190 cm³/mol. The summed E-state index contributed by atoms with van der Waals surface area (Å²) in [6, 6.07) is 5.24. The van der Waals surface area contributed by atoms with Crippen molar-refractivity contribution in [1.82, 2.24) is 25.2 Å². The molecule has 4 fully saturated rings. The highest BCUT2D eigenvalue weighted by Gasteiger charge is 2.62. The van der Waals surface area contributed by atoms with E-state index in [4.69, 9.17) is 9.47 Å². The van der Waals surface area contributed by atoms with Crippen LogP contribution in [0.3, 0.4) is 0 Å². The van der Waals surface area contributed by atoms with Gasteiger partial charge in [0.25, 0.3) is 5.91 Å². The van der Waals surface area contributed by atoms with E-state index in [0.717, 1.165) is 24.6 Å². The van der Waals surface area contributed by atoms with Crippen molar-refractivity contribution in [3.05, 3.63) is 42.6 Å². The molecular weight excluding hydrogens is 691 g/mol. The van der Waals surface area contributed by atoms with Gasteiger partial charge in [-0.3, -0.25) is 19.1 Å². The fraction of sp³-hybridized carbons (Fsp3) is 0.595. The van der Waals surface area contributed by atoms with Gasteiger partial charge in [0.05, 0.1) is 24.6 Å². The molecule has 52 heavy (non-hydrogen) atoms. The van der Waals surface area contributed by atoms with Crippen LogP contribution in [0.15, 0.2) is 42.6 Å². The minimum Gasteiger partial charge on any atom is -0.491 e. The lowest BCUT2D eigenvalue weighted by atomic mass is 9.88. The molecule has 7 rings (SSSR count). The summed E-state index contributed by atoms with van der Waals surface area (Å²) in [5.74, 6) is -1.27. The van der Waals surface area contributed by atoms with E-state index in [1.54, 1.807) is 6.20 Å². The van der Waals surface area contributed by atoms with Gasteiger partial charge in [-0.05, 0) is 75.2 Å². The van der Waals surface area contributed by atoms with E-state index >= 15 is 0 Å². The van der Waals surface area contributed by atoms with Crippen molar-refractivity contribution < 1.29 is 42.2 Å². The Morgan fingerprint density at radius 3 is 2.54 bits per heavy atom. The molecule has 280 valence electrons. The second-order valence-corrected chi connectivity index (χ2v) is 17.4. The first-order valence-corrected chi connectivity index (χ1v) is 19.9. The molecule has 1 saturated heterocycles. The molecule has 4 N–H and O–H groups in total. The number of carboxylic acid groups (broad SMARTS) is 1. The van der Waals surface area contributed by atoms with Gasteiger partial charge < -0.3 is 30.1 Å². The van der Waals surface area contributed by atoms with Crippen LogP contribution in [0.4, 0.5) is 4.79 Å². The molecule has 0 radical (unpaired) electrons. The van der Waals surface area contributed by atoms with Crippen molar-refractivity contribution in [3.8, 4) is 11.6 Å². The number of nitrogens with zero attached hydrogens (tertiary/aromatic N) is 2. The maximum atomic E-state index is 14.4. The third-order valence-corrected chi connectivity index (χ3v) is 12.9. The number of hydrogen-bond acceptors (Lipinski definition) is 9. The number of hydrogen-bond donors (Lipinski definition) is 4. The first-order chi connectivity index (χ1) is 24.8. The number of rotatable bonds is 9. The predicted octanol–water partition coefficient (Wildman–Crippen LogP) is 3.50. The first-order valence-electron chi connectivity index (χ1n) is 18.4. The summed E-state index contributed by atoms with van der Waals surface area (Å²) >= 11 is 0. The van der Waals surface area contributed by atoms with Crippen LogP contribution in [0, 0.1) is 23.7 Å². The number of fused-ring (bicyclic) bond motifs is 3. The molecule has 3 saturated carbocycles. The number of carbonyl (C=O) groups excluding carboxylic acids is 3. The molecule has 2 aromatic rings. The van der Waals surface area contributed by atoms with Gasteiger partial charge in [0, 0.05) is 23.1 Å². The number of nitrogens with one attached hydrogen (secondary N) is 3. The second kappa shape index (κ2) is 14.2. The topological polar surface area (TPSA) is 193 Å². The Bertz CT molecular complexity index is 1880. The fourth-order valence-electron chi connectivity index (χ4n) is 7.63.